The number of benzene rings is 2. The summed E-state index contributed by atoms with van der Waals surface area (Å²) in [6, 6.07) is 14.4. The van der Waals surface area contributed by atoms with Gasteiger partial charge in [-0.25, -0.2) is 9.59 Å². The maximum absolute atomic E-state index is 13.6. The van der Waals surface area contributed by atoms with Gasteiger partial charge in [0.05, 0.1) is 12.6 Å². The smallest absolute Gasteiger partial charge is 0.326 e. The Bertz CT molecular complexity index is 1290. The normalized spacial score (nSPS) is 17.0. The maximum Gasteiger partial charge on any atom is 0.326 e. The van der Waals surface area contributed by atoms with Gasteiger partial charge in [0, 0.05) is 19.4 Å². The van der Waals surface area contributed by atoms with Crippen LogP contribution in [-0.4, -0.2) is 77.9 Å². The molecule has 230 valence electrons. The SMILES string of the molecule is CCCC(NC(=O)CNC(=O)NC(Cc1ccccc1)C(=O)O)C(=O)NC(C=O)(Cc1ccccc1)C1CCN=C(N)N1. The molecule has 1 heterocycles. The Morgan fingerprint density at radius 2 is 1.70 bits per heavy atom. The summed E-state index contributed by atoms with van der Waals surface area (Å²) in [5, 5.41) is 22.7. The number of guanidine groups is 1. The van der Waals surface area contributed by atoms with E-state index in [2.05, 4.69) is 31.6 Å². The summed E-state index contributed by atoms with van der Waals surface area (Å²) in [6.45, 7) is 1.71. The first kappa shape index (κ1) is 32.6. The topological polar surface area (TPSA) is 204 Å². The Balaban J connectivity index is 1.64. The number of hydrogen-bond acceptors (Lipinski definition) is 8. The minimum absolute atomic E-state index is 0.0589. The summed E-state index contributed by atoms with van der Waals surface area (Å²) in [7, 11) is 0. The Labute approximate surface area is 250 Å². The van der Waals surface area contributed by atoms with Gasteiger partial charge in [-0.05, 0) is 24.0 Å². The number of amides is 4. The van der Waals surface area contributed by atoms with Crippen LogP contribution in [0, 0.1) is 0 Å². The Hall–Kier alpha value is -4.94. The number of rotatable bonds is 15. The van der Waals surface area contributed by atoms with E-state index in [4.69, 9.17) is 5.73 Å². The third-order valence-corrected chi connectivity index (χ3v) is 7.07. The van der Waals surface area contributed by atoms with Gasteiger partial charge < -0.3 is 42.2 Å². The van der Waals surface area contributed by atoms with Crippen LogP contribution in [0.5, 0.6) is 0 Å². The van der Waals surface area contributed by atoms with Crippen molar-refractivity contribution in [1.29, 1.82) is 0 Å². The lowest BCUT2D eigenvalue weighted by molar-refractivity contribution is -0.139. The van der Waals surface area contributed by atoms with Crippen molar-refractivity contribution in [2.45, 2.75) is 62.7 Å². The molecule has 0 aromatic heterocycles. The number of nitrogens with two attached hydrogens (primary N) is 1. The molecule has 13 nitrogen and oxygen atoms in total. The first-order valence-corrected chi connectivity index (χ1v) is 14.1. The predicted molar refractivity (Wildman–Crippen MR) is 160 cm³/mol. The van der Waals surface area contributed by atoms with Crippen LogP contribution >= 0.6 is 0 Å². The zero-order valence-corrected chi connectivity index (χ0v) is 24.0. The fourth-order valence-corrected chi connectivity index (χ4v) is 4.88. The molecule has 0 saturated carbocycles. The summed E-state index contributed by atoms with van der Waals surface area (Å²) in [6.07, 6.45) is 2.18. The van der Waals surface area contributed by atoms with Gasteiger partial charge in [0.15, 0.2) is 5.96 Å². The van der Waals surface area contributed by atoms with Crippen LogP contribution in [0.1, 0.15) is 37.3 Å². The number of nitrogens with zero attached hydrogens (tertiary/aromatic N) is 1. The van der Waals surface area contributed by atoms with Crippen LogP contribution in [-0.2, 0) is 32.0 Å². The van der Waals surface area contributed by atoms with Gasteiger partial charge >= 0.3 is 12.0 Å². The molecule has 0 spiro atoms. The maximum atomic E-state index is 13.6. The summed E-state index contributed by atoms with van der Waals surface area (Å²) in [5.74, 6) is -2.29. The van der Waals surface area contributed by atoms with Gasteiger partial charge in [-0.15, -0.1) is 0 Å². The molecule has 2 aromatic rings. The zero-order chi connectivity index (χ0) is 31.2. The van der Waals surface area contributed by atoms with Crippen LogP contribution in [0.25, 0.3) is 0 Å². The Kier molecular flexibility index (Phi) is 12.0. The van der Waals surface area contributed by atoms with Crippen LogP contribution in [0.15, 0.2) is 65.7 Å². The van der Waals surface area contributed by atoms with E-state index in [1.807, 2.05) is 37.3 Å². The molecule has 0 aliphatic carbocycles. The second-order valence-electron chi connectivity index (χ2n) is 10.4. The number of aliphatic carboxylic acids is 1. The molecule has 1 aliphatic rings. The first-order valence-electron chi connectivity index (χ1n) is 14.1. The molecule has 43 heavy (non-hydrogen) atoms. The van der Waals surface area contributed by atoms with Gasteiger partial charge in [-0.1, -0.05) is 74.0 Å². The van der Waals surface area contributed by atoms with Crippen molar-refractivity contribution in [3.05, 3.63) is 71.8 Å². The number of hydrogen-bond donors (Lipinski definition) is 7. The van der Waals surface area contributed by atoms with Crippen LogP contribution in [0.3, 0.4) is 0 Å². The molecular weight excluding hydrogens is 554 g/mol. The van der Waals surface area contributed by atoms with Gasteiger partial charge in [-0.3, -0.25) is 14.6 Å². The number of carbonyl (C=O) groups is 5. The van der Waals surface area contributed by atoms with E-state index >= 15 is 0 Å². The Morgan fingerprint density at radius 1 is 1.05 bits per heavy atom. The van der Waals surface area contributed by atoms with Crippen molar-refractivity contribution in [2.24, 2.45) is 10.7 Å². The first-order chi connectivity index (χ1) is 20.7. The van der Waals surface area contributed by atoms with Crippen molar-refractivity contribution in [1.82, 2.24) is 26.6 Å². The molecule has 4 amide bonds. The van der Waals surface area contributed by atoms with E-state index in [0.29, 0.717) is 25.7 Å². The quantitative estimate of drug-likeness (QED) is 0.142. The number of carbonyl (C=O) groups excluding carboxylic acids is 4. The average Bonchev–Trinajstić information content (AvgIpc) is 3.00. The molecule has 13 heteroatoms. The number of urea groups is 1. The van der Waals surface area contributed by atoms with Crippen LogP contribution in [0.2, 0.25) is 0 Å². The highest BCUT2D eigenvalue weighted by molar-refractivity contribution is 5.92. The molecule has 3 rings (SSSR count). The number of aliphatic imine (C=N–C) groups is 1. The molecule has 0 bridgehead atoms. The minimum atomic E-state index is -1.39. The number of aldehydes is 1. The monoisotopic (exact) mass is 593 g/mol. The van der Waals surface area contributed by atoms with E-state index in [1.54, 1.807) is 30.3 Å². The summed E-state index contributed by atoms with van der Waals surface area (Å²) < 4.78 is 0. The molecular formula is C30H39N7O6. The highest BCUT2D eigenvalue weighted by Crippen LogP contribution is 2.21. The molecule has 0 saturated heterocycles. The number of nitrogens with one attached hydrogen (secondary N) is 5. The molecule has 0 fully saturated rings. The molecule has 2 aromatic carbocycles. The lowest BCUT2D eigenvalue weighted by Crippen LogP contribution is -2.68. The molecule has 4 unspecified atom stereocenters. The third kappa shape index (κ3) is 9.83. The van der Waals surface area contributed by atoms with Gasteiger partial charge in [0.1, 0.15) is 23.9 Å². The highest BCUT2D eigenvalue weighted by Gasteiger charge is 2.43. The van der Waals surface area contributed by atoms with E-state index in [-0.39, 0.29) is 25.2 Å². The Morgan fingerprint density at radius 3 is 2.28 bits per heavy atom. The van der Waals surface area contributed by atoms with E-state index in [0.717, 1.165) is 11.1 Å². The lowest BCUT2D eigenvalue weighted by Gasteiger charge is -2.40. The van der Waals surface area contributed by atoms with Crippen LogP contribution < -0.4 is 32.3 Å². The predicted octanol–water partition coefficient (Wildman–Crippen LogP) is 0.240. The van der Waals surface area contributed by atoms with Crippen molar-refractivity contribution in [2.75, 3.05) is 13.1 Å². The average molecular weight is 594 g/mol. The second-order valence-corrected chi connectivity index (χ2v) is 10.4. The van der Waals surface area contributed by atoms with E-state index < -0.39 is 54.0 Å². The lowest BCUT2D eigenvalue weighted by atomic mass is 9.82. The zero-order valence-electron chi connectivity index (χ0n) is 24.0. The summed E-state index contributed by atoms with van der Waals surface area (Å²) in [4.78, 5) is 67.2. The van der Waals surface area contributed by atoms with Crippen molar-refractivity contribution < 1.29 is 29.1 Å². The number of carboxylic acid groups (broad SMARTS) is 1. The minimum Gasteiger partial charge on any atom is -0.480 e. The largest absolute Gasteiger partial charge is 0.480 e. The van der Waals surface area contributed by atoms with E-state index in [1.165, 1.54) is 0 Å². The fraction of sp³-hybridized carbons (Fsp3) is 0.400. The standard InChI is InChI=1S/C30H39N7O6/c1-2-9-22(34-25(39)18-33-29(43)35-23(27(41)42)16-20-10-5-3-6-11-20)26(40)37-30(19-38,17-21-12-7-4-8-13-21)24-14-15-32-28(31)36-24/h3-8,10-13,19,22-24H,2,9,14-18H2,1H3,(H,34,39)(H,37,40)(H,41,42)(H3,31,32,36)(H2,33,35,43). The van der Waals surface area contributed by atoms with Gasteiger partial charge in [0.2, 0.25) is 11.8 Å². The summed E-state index contributed by atoms with van der Waals surface area (Å²) in [5.41, 5.74) is 6.04. The second kappa shape index (κ2) is 15.9. The van der Waals surface area contributed by atoms with Gasteiger partial charge in [0.25, 0.3) is 0 Å². The van der Waals surface area contributed by atoms with E-state index in [9.17, 15) is 29.1 Å². The fourth-order valence-electron chi connectivity index (χ4n) is 4.88. The molecule has 4 atom stereocenters. The molecule has 8 N–H and O–H groups in total. The van der Waals surface area contributed by atoms with Crippen molar-refractivity contribution in [3.63, 3.8) is 0 Å². The molecule has 0 radical (unpaired) electrons. The highest BCUT2D eigenvalue weighted by atomic mass is 16.4. The number of carboxylic acids is 1. The summed E-state index contributed by atoms with van der Waals surface area (Å²) >= 11 is 0. The van der Waals surface area contributed by atoms with Crippen molar-refractivity contribution >= 4 is 36.1 Å². The van der Waals surface area contributed by atoms with Crippen molar-refractivity contribution in [3.8, 4) is 0 Å². The molecule has 1 aliphatic heterocycles. The van der Waals surface area contributed by atoms with Gasteiger partial charge in [-0.2, -0.15) is 0 Å². The van der Waals surface area contributed by atoms with Crippen LogP contribution in [0.4, 0.5) is 4.79 Å². The third-order valence-electron chi connectivity index (χ3n) is 7.07.